The Hall–Kier alpha value is -1.36. The van der Waals surface area contributed by atoms with Gasteiger partial charge in [0, 0.05) is 31.2 Å². The fourth-order valence-electron chi connectivity index (χ4n) is 3.03. The van der Waals surface area contributed by atoms with E-state index in [1.54, 1.807) is 4.90 Å². The maximum absolute atomic E-state index is 12.9. The molecule has 0 bridgehead atoms. The fraction of sp³-hybridized carbons (Fsp3) is 0.412. The Morgan fingerprint density at radius 3 is 2.74 bits per heavy atom. The van der Waals surface area contributed by atoms with E-state index in [9.17, 15) is 4.79 Å². The third kappa shape index (κ3) is 3.77. The van der Waals surface area contributed by atoms with Crippen LogP contribution in [0, 0.1) is 0 Å². The SMILES string of the molecule is CNCCN(C)C(=O)c1c2c(nc3ccccc13)CCC2.Cl.Cl. The second-order valence-corrected chi connectivity index (χ2v) is 5.61. The second kappa shape index (κ2) is 8.48. The predicted octanol–water partition coefficient (Wildman–Crippen LogP) is 2.86. The number of hydrogen-bond donors (Lipinski definition) is 1. The van der Waals surface area contributed by atoms with E-state index in [0.29, 0.717) is 6.54 Å². The zero-order valence-corrected chi connectivity index (χ0v) is 15.1. The van der Waals surface area contributed by atoms with Gasteiger partial charge in [0.25, 0.3) is 5.91 Å². The first-order valence-corrected chi connectivity index (χ1v) is 7.53. The van der Waals surface area contributed by atoms with Crippen LogP contribution in [0.1, 0.15) is 28.0 Å². The molecule has 3 rings (SSSR count). The van der Waals surface area contributed by atoms with E-state index in [2.05, 4.69) is 5.32 Å². The third-order valence-corrected chi connectivity index (χ3v) is 4.18. The number of amides is 1. The molecule has 0 saturated heterocycles. The number of nitrogens with one attached hydrogen (secondary N) is 1. The molecule has 0 aliphatic heterocycles. The maximum atomic E-state index is 12.9. The van der Waals surface area contributed by atoms with Gasteiger partial charge in [-0.15, -0.1) is 24.8 Å². The molecule has 0 saturated carbocycles. The minimum atomic E-state index is 0. The van der Waals surface area contributed by atoms with Crippen LogP contribution >= 0.6 is 24.8 Å². The zero-order valence-electron chi connectivity index (χ0n) is 13.5. The molecule has 1 aromatic carbocycles. The van der Waals surface area contributed by atoms with Gasteiger partial charge in [-0.2, -0.15) is 0 Å². The topological polar surface area (TPSA) is 45.2 Å². The van der Waals surface area contributed by atoms with Gasteiger partial charge in [0.05, 0.1) is 11.1 Å². The number of para-hydroxylation sites is 1. The van der Waals surface area contributed by atoms with Crippen LogP contribution < -0.4 is 5.32 Å². The number of pyridine rings is 1. The number of carbonyl (C=O) groups is 1. The minimum absolute atomic E-state index is 0. The average Bonchev–Trinajstić information content (AvgIpc) is 2.97. The molecule has 1 N–H and O–H groups in total. The van der Waals surface area contributed by atoms with Gasteiger partial charge in [-0.3, -0.25) is 9.78 Å². The molecule has 0 atom stereocenters. The van der Waals surface area contributed by atoms with Gasteiger partial charge in [-0.25, -0.2) is 0 Å². The molecule has 0 radical (unpaired) electrons. The Labute approximate surface area is 149 Å². The van der Waals surface area contributed by atoms with Gasteiger partial charge in [0.1, 0.15) is 0 Å². The van der Waals surface area contributed by atoms with E-state index in [1.807, 2.05) is 38.4 Å². The Morgan fingerprint density at radius 2 is 2.00 bits per heavy atom. The minimum Gasteiger partial charge on any atom is -0.340 e. The summed E-state index contributed by atoms with van der Waals surface area (Å²) in [4.78, 5) is 19.4. The molecule has 2 aromatic rings. The lowest BCUT2D eigenvalue weighted by Gasteiger charge is -2.20. The van der Waals surface area contributed by atoms with Crippen LogP contribution in [0.5, 0.6) is 0 Å². The van der Waals surface area contributed by atoms with Crippen molar-refractivity contribution in [2.24, 2.45) is 0 Å². The maximum Gasteiger partial charge on any atom is 0.254 e. The Balaban J connectivity index is 0.00000132. The lowest BCUT2D eigenvalue weighted by Crippen LogP contribution is -2.33. The van der Waals surface area contributed by atoms with E-state index in [4.69, 9.17) is 4.98 Å². The number of hydrogen-bond acceptors (Lipinski definition) is 3. The first-order chi connectivity index (χ1) is 10.2. The van der Waals surface area contributed by atoms with Gasteiger partial charge >= 0.3 is 0 Å². The van der Waals surface area contributed by atoms with E-state index in [1.165, 1.54) is 0 Å². The van der Waals surface area contributed by atoms with Crippen LogP contribution in [0.4, 0.5) is 0 Å². The number of aromatic nitrogens is 1. The van der Waals surface area contributed by atoms with Crippen molar-refractivity contribution in [3.8, 4) is 0 Å². The largest absolute Gasteiger partial charge is 0.340 e. The van der Waals surface area contributed by atoms with Gasteiger partial charge in [-0.1, -0.05) is 18.2 Å². The van der Waals surface area contributed by atoms with E-state index in [0.717, 1.165) is 53.5 Å². The summed E-state index contributed by atoms with van der Waals surface area (Å²) in [5, 5.41) is 4.07. The molecule has 1 heterocycles. The summed E-state index contributed by atoms with van der Waals surface area (Å²) in [7, 11) is 3.77. The number of carbonyl (C=O) groups excluding carboxylic acids is 1. The van der Waals surface area contributed by atoms with Gasteiger partial charge in [0.15, 0.2) is 0 Å². The molecule has 126 valence electrons. The van der Waals surface area contributed by atoms with Crippen molar-refractivity contribution in [2.45, 2.75) is 19.3 Å². The van der Waals surface area contributed by atoms with Gasteiger partial charge in [-0.05, 0) is 37.9 Å². The second-order valence-electron chi connectivity index (χ2n) is 5.61. The molecule has 0 fully saturated rings. The molecular formula is C17H23Cl2N3O. The summed E-state index contributed by atoms with van der Waals surface area (Å²) >= 11 is 0. The highest BCUT2D eigenvalue weighted by molar-refractivity contribution is 6.07. The lowest BCUT2D eigenvalue weighted by molar-refractivity contribution is 0.0797. The number of benzene rings is 1. The monoisotopic (exact) mass is 355 g/mol. The first kappa shape index (κ1) is 19.7. The summed E-state index contributed by atoms with van der Waals surface area (Å²) in [6, 6.07) is 7.98. The summed E-state index contributed by atoms with van der Waals surface area (Å²) in [6.07, 6.45) is 3.05. The first-order valence-electron chi connectivity index (χ1n) is 7.53. The van der Waals surface area contributed by atoms with Crippen molar-refractivity contribution in [3.63, 3.8) is 0 Å². The summed E-state index contributed by atoms with van der Waals surface area (Å²) in [5.41, 5.74) is 4.07. The molecule has 0 unspecified atom stereocenters. The lowest BCUT2D eigenvalue weighted by atomic mass is 10.00. The van der Waals surface area contributed by atoms with E-state index in [-0.39, 0.29) is 30.7 Å². The van der Waals surface area contributed by atoms with Crippen LogP contribution in [0.2, 0.25) is 0 Å². The number of likely N-dealkylation sites (N-methyl/N-ethyl adjacent to an activating group) is 2. The predicted molar refractivity (Wildman–Crippen MR) is 99.2 cm³/mol. The van der Waals surface area contributed by atoms with E-state index < -0.39 is 0 Å². The number of rotatable bonds is 4. The Morgan fingerprint density at radius 1 is 1.26 bits per heavy atom. The number of nitrogens with zero attached hydrogens (tertiary/aromatic N) is 2. The van der Waals surface area contributed by atoms with Crippen LogP contribution in [0.15, 0.2) is 24.3 Å². The zero-order chi connectivity index (χ0) is 14.8. The highest BCUT2D eigenvalue weighted by Gasteiger charge is 2.25. The molecule has 23 heavy (non-hydrogen) atoms. The molecule has 6 heteroatoms. The average molecular weight is 356 g/mol. The van der Waals surface area contributed by atoms with Crippen molar-refractivity contribution < 1.29 is 4.79 Å². The number of fused-ring (bicyclic) bond motifs is 2. The standard InChI is InChI=1S/C17H21N3O.2ClH/c1-18-10-11-20(2)17(21)16-12-6-3-4-8-14(12)19-15-9-5-7-13(15)16;;/h3-4,6,8,18H,5,7,9-11H2,1-2H3;2*1H. The normalized spacial score (nSPS) is 12.3. The molecule has 1 aliphatic rings. The molecule has 1 aliphatic carbocycles. The molecule has 1 aromatic heterocycles. The highest BCUT2D eigenvalue weighted by atomic mass is 35.5. The van der Waals surface area contributed by atoms with Gasteiger partial charge in [0.2, 0.25) is 0 Å². The van der Waals surface area contributed by atoms with E-state index >= 15 is 0 Å². The van der Waals surface area contributed by atoms with Crippen LogP contribution in [-0.2, 0) is 12.8 Å². The van der Waals surface area contributed by atoms with Crippen molar-refractivity contribution >= 4 is 41.6 Å². The summed E-state index contributed by atoms with van der Waals surface area (Å²) in [5.74, 6) is 0.113. The van der Waals surface area contributed by atoms with Crippen LogP contribution in [-0.4, -0.2) is 43.0 Å². The van der Waals surface area contributed by atoms with Crippen molar-refractivity contribution in [1.82, 2.24) is 15.2 Å². The van der Waals surface area contributed by atoms with Crippen molar-refractivity contribution in [1.29, 1.82) is 0 Å². The number of halogens is 2. The summed E-state index contributed by atoms with van der Waals surface area (Å²) in [6.45, 7) is 1.51. The fourth-order valence-corrected chi connectivity index (χ4v) is 3.03. The molecule has 0 spiro atoms. The van der Waals surface area contributed by atoms with Crippen LogP contribution in [0.25, 0.3) is 10.9 Å². The molecule has 4 nitrogen and oxygen atoms in total. The number of aryl methyl sites for hydroxylation is 1. The smallest absolute Gasteiger partial charge is 0.254 e. The Kier molecular flexibility index (Phi) is 7.26. The highest BCUT2D eigenvalue weighted by Crippen LogP contribution is 2.30. The van der Waals surface area contributed by atoms with Gasteiger partial charge < -0.3 is 10.2 Å². The quantitative estimate of drug-likeness (QED) is 0.916. The van der Waals surface area contributed by atoms with Crippen molar-refractivity contribution in [2.75, 3.05) is 27.2 Å². The van der Waals surface area contributed by atoms with Crippen LogP contribution in [0.3, 0.4) is 0 Å². The Bertz CT molecular complexity index is 691. The molecule has 1 amide bonds. The third-order valence-electron chi connectivity index (χ3n) is 4.18. The van der Waals surface area contributed by atoms with Crippen molar-refractivity contribution in [3.05, 3.63) is 41.1 Å². The summed E-state index contributed by atoms with van der Waals surface area (Å²) < 4.78 is 0. The molecular weight excluding hydrogens is 333 g/mol.